The Hall–Kier alpha value is -2.10. The fraction of sp³-hybridized carbons (Fsp3) is 0.500. The van der Waals surface area contributed by atoms with Crippen molar-refractivity contribution in [1.29, 1.82) is 0 Å². The molecule has 0 radical (unpaired) electrons. The van der Waals surface area contributed by atoms with Gasteiger partial charge in [-0.25, -0.2) is 0 Å². The van der Waals surface area contributed by atoms with E-state index in [1.54, 1.807) is 18.3 Å². The van der Waals surface area contributed by atoms with Gasteiger partial charge in [-0.1, -0.05) is 0 Å². The third kappa shape index (κ3) is 107. The van der Waals surface area contributed by atoms with Gasteiger partial charge in [-0.3, -0.25) is 0 Å². The average Bonchev–Trinajstić information content (AvgIpc) is 2.28. The first-order valence-electron chi connectivity index (χ1n) is 5.57. The van der Waals surface area contributed by atoms with Gasteiger partial charge in [0.1, 0.15) is 36.6 Å². The van der Waals surface area contributed by atoms with Crippen molar-refractivity contribution in [3.8, 4) is 36.1 Å². The molecule has 0 aliphatic carbocycles. The maximum atomic E-state index is 8.22. The smallest absolute Gasteiger partial charge is 0.462 e. The molecule has 3 atom stereocenters. The van der Waals surface area contributed by atoms with Gasteiger partial charge in [-0.05, 0) is 38.5 Å². The minimum atomic E-state index is -2.17. The topological polar surface area (TPSA) is 182 Å². The van der Waals surface area contributed by atoms with Gasteiger partial charge in [0, 0.05) is 0 Å². The summed E-state index contributed by atoms with van der Waals surface area (Å²) in [6, 6.07) is 0. The van der Waals surface area contributed by atoms with E-state index in [-0.39, 0.29) is 0 Å². The van der Waals surface area contributed by atoms with Crippen LogP contribution in [0.3, 0.4) is 0 Å². The van der Waals surface area contributed by atoms with Gasteiger partial charge >= 0.3 is 7.32 Å². The molecule has 0 aliphatic heterocycles. The highest BCUT2D eigenvalue weighted by Gasteiger charge is 1.92. The maximum Gasteiger partial charge on any atom is 0.631 e. The van der Waals surface area contributed by atoms with Crippen LogP contribution in [0.25, 0.3) is 0 Å². The van der Waals surface area contributed by atoms with E-state index >= 15 is 0 Å². The lowest BCUT2D eigenvalue weighted by Gasteiger charge is -1.81. The third-order valence-corrected chi connectivity index (χ3v) is 0.820. The number of hydrogen-bond donors (Lipinski definition) is 9. The van der Waals surface area contributed by atoms with Gasteiger partial charge in [0.05, 0.1) is 0 Å². The van der Waals surface area contributed by atoms with Gasteiger partial charge in [-0.15, -0.1) is 0 Å². The van der Waals surface area contributed by atoms with Crippen molar-refractivity contribution in [1.82, 2.24) is 0 Å². The Balaban J connectivity index is -0.0000000994. The van der Waals surface area contributed by atoms with Crippen LogP contribution in [0.5, 0.6) is 0 Å². The molecule has 0 fully saturated rings. The molecule has 0 bridgehead atoms. The lowest BCUT2D eigenvalue weighted by Crippen LogP contribution is -2.07. The standard InChI is InChI=1S/3C4H6O2.BH3O3/c3*1-4(6)2-3-5;2-1(3)4/h3*4-6H,1H3;2-4H. The summed E-state index contributed by atoms with van der Waals surface area (Å²) in [5.74, 6) is 6.21. The number of hydrogen-bond acceptors (Lipinski definition) is 9. The molecule has 0 saturated carbocycles. The number of aliphatic hydroxyl groups excluding tert-OH is 6. The van der Waals surface area contributed by atoms with Crippen LogP contribution in [0.1, 0.15) is 20.8 Å². The molecule has 9 nitrogen and oxygen atoms in total. The molecule has 126 valence electrons. The summed E-state index contributed by atoms with van der Waals surface area (Å²) in [6.07, 6.45) is 2.56. The molecule has 9 N–H and O–H groups in total. The second-order valence-corrected chi connectivity index (χ2v) is 3.14. The molecule has 0 amide bonds. The van der Waals surface area contributed by atoms with Gasteiger partial charge < -0.3 is 45.7 Å². The number of aliphatic hydroxyl groups is 6. The van der Waals surface area contributed by atoms with Crippen molar-refractivity contribution in [2.75, 3.05) is 0 Å². The first-order chi connectivity index (χ1) is 10.0. The summed E-state index contributed by atoms with van der Waals surface area (Å²) in [5, 5.41) is 69.3. The minimum Gasteiger partial charge on any atom is -0.462 e. The Kier molecular flexibility index (Phi) is 30.6. The zero-order valence-corrected chi connectivity index (χ0v) is 12.3. The van der Waals surface area contributed by atoms with Crippen molar-refractivity contribution in [2.24, 2.45) is 0 Å². The quantitative estimate of drug-likeness (QED) is 0.166. The predicted molar refractivity (Wildman–Crippen MR) is 76.6 cm³/mol. The van der Waals surface area contributed by atoms with Crippen LogP contribution >= 0.6 is 0 Å². The average molecular weight is 320 g/mol. The predicted octanol–water partition coefficient (Wildman–Crippen LogP) is -2.95. The highest BCUT2D eigenvalue weighted by atomic mass is 16.5. The molecule has 0 heterocycles. The van der Waals surface area contributed by atoms with Crippen LogP contribution in [0.2, 0.25) is 0 Å². The van der Waals surface area contributed by atoms with Gasteiger partial charge in [-0.2, -0.15) is 0 Å². The van der Waals surface area contributed by atoms with Gasteiger partial charge in [0.25, 0.3) is 0 Å². The Labute approximate surface area is 129 Å². The molecule has 0 spiro atoms. The SMILES string of the molecule is CC(O)C#CO.CC(O)C#CO.CC(O)C#CO.OB(O)O. The summed E-state index contributed by atoms with van der Waals surface area (Å²) in [4.78, 5) is 0. The Bertz CT molecular complexity index is 328. The van der Waals surface area contributed by atoms with Crippen LogP contribution in [-0.2, 0) is 0 Å². The summed E-state index contributed by atoms with van der Waals surface area (Å²) in [5.41, 5.74) is 0. The zero-order chi connectivity index (χ0) is 18.6. The second kappa shape index (κ2) is 24.0. The van der Waals surface area contributed by atoms with Crippen LogP contribution < -0.4 is 0 Å². The highest BCUT2D eigenvalue weighted by Crippen LogP contribution is 1.69. The van der Waals surface area contributed by atoms with Crippen LogP contribution in [-0.4, -0.2) is 71.3 Å². The Morgan fingerprint density at radius 2 is 0.727 bits per heavy atom. The van der Waals surface area contributed by atoms with Crippen LogP contribution in [0.15, 0.2) is 0 Å². The van der Waals surface area contributed by atoms with Crippen molar-refractivity contribution in [3.63, 3.8) is 0 Å². The number of rotatable bonds is 0. The summed E-state index contributed by atoms with van der Waals surface area (Å²) in [6.45, 7) is 4.43. The summed E-state index contributed by atoms with van der Waals surface area (Å²) in [7, 11) is -2.17. The lowest BCUT2D eigenvalue weighted by molar-refractivity contribution is 0.251. The first-order valence-corrected chi connectivity index (χ1v) is 5.57. The molecular formula is C12H21BO9. The van der Waals surface area contributed by atoms with E-state index in [0.29, 0.717) is 0 Å². The molecule has 0 aliphatic rings. The summed E-state index contributed by atoms with van der Waals surface area (Å²) >= 11 is 0. The van der Waals surface area contributed by atoms with E-state index in [1.165, 1.54) is 20.8 Å². The molecule has 0 rings (SSSR count). The van der Waals surface area contributed by atoms with E-state index in [4.69, 9.17) is 45.7 Å². The van der Waals surface area contributed by atoms with E-state index < -0.39 is 25.6 Å². The lowest BCUT2D eigenvalue weighted by atomic mass is 10.3. The second-order valence-electron chi connectivity index (χ2n) is 3.14. The summed E-state index contributed by atoms with van der Waals surface area (Å²) < 4.78 is 0. The molecule has 10 heteroatoms. The van der Waals surface area contributed by atoms with Gasteiger partial charge in [0.15, 0.2) is 0 Å². The fourth-order valence-corrected chi connectivity index (χ4v) is 0.280. The zero-order valence-electron chi connectivity index (χ0n) is 12.3. The van der Waals surface area contributed by atoms with E-state index in [1.807, 2.05) is 0 Å². The van der Waals surface area contributed by atoms with E-state index in [2.05, 4.69) is 17.8 Å². The monoisotopic (exact) mass is 320 g/mol. The molecule has 0 aromatic rings. The Morgan fingerprint density at radius 3 is 0.727 bits per heavy atom. The van der Waals surface area contributed by atoms with E-state index in [0.717, 1.165) is 0 Å². The molecule has 3 unspecified atom stereocenters. The van der Waals surface area contributed by atoms with E-state index in [9.17, 15) is 0 Å². The molecule has 0 aromatic heterocycles. The van der Waals surface area contributed by atoms with Crippen LogP contribution in [0.4, 0.5) is 0 Å². The highest BCUT2D eigenvalue weighted by molar-refractivity contribution is 6.30. The normalized spacial score (nSPS) is 10.8. The molecular weight excluding hydrogens is 299 g/mol. The van der Waals surface area contributed by atoms with Crippen molar-refractivity contribution < 1.29 is 45.7 Å². The molecule has 0 aromatic carbocycles. The maximum absolute atomic E-state index is 8.22. The van der Waals surface area contributed by atoms with Crippen molar-refractivity contribution in [3.05, 3.63) is 0 Å². The fourth-order valence-electron chi connectivity index (χ4n) is 0.280. The molecule has 0 saturated heterocycles. The largest absolute Gasteiger partial charge is 0.631 e. The van der Waals surface area contributed by atoms with Crippen molar-refractivity contribution in [2.45, 2.75) is 39.1 Å². The molecule has 22 heavy (non-hydrogen) atoms. The third-order valence-electron chi connectivity index (χ3n) is 0.820. The minimum absolute atomic E-state index is 0.713. The van der Waals surface area contributed by atoms with Crippen molar-refractivity contribution >= 4 is 7.32 Å². The Morgan fingerprint density at radius 1 is 0.591 bits per heavy atom. The van der Waals surface area contributed by atoms with Gasteiger partial charge in [0.2, 0.25) is 0 Å². The first kappa shape index (κ1) is 28.1. The van der Waals surface area contributed by atoms with Crippen LogP contribution in [0, 0.1) is 36.1 Å².